The second-order valence-electron chi connectivity index (χ2n) is 3.97. The lowest BCUT2D eigenvalue weighted by molar-refractivity contribution is -0.0504. The number of aliphatic hydroxyl groups excluding tert-OH is 2. The summed E-state index contributed by atoms with van der Waals surface area (Å²) >= 11 is 3.19. The lowest BCUT2D eigenvalue weighted by Gasteiger charge is -2.15. The maximum atomic E-state index is 11.6. The molecule has 2 rings (SSSR count). The fraction of sp³-hybridized carbons (Fsp3) is 0.667. The van der Waals surface area contributed by atoms with E-state index in [4.69, 9.17) is 9.84 Å². The summed E-state index contributed by atoms with van der Waals surface area (Å²) in [4.78, 5) is 24.3. The van der Waals surface area contributed by atoms with E-state index in [1.807, 2.05) is 0 Å². The van der Waals surface area contributed by atoms with Crippen LogP contribution in [0.15, 0.2) is 9.59 Å². The van der Waals surface area contributed by atoms with E-state index >= 15 is 0 Å². The molecule has 0 saturated carbocycles. The molecule has 3 N–H and O–H groups in total. The highest BCUT2D eigenvalue weighted by molar-refractivity contribution is 9.09. The third-order valence-electron chi connectivity index (χ3n) is 2.73. The second-order valence-corrected chi connectivity index (χ2v) is 5.03. The average molecular weight is 322 g/mol. The fourth-order valence-electron chi connectivity index (χ4n) is 1.72. The number of ether oxygens (including phenoxy) is 1. The monoisotopic (exact) mass is 321 g/mol. The molecule has 9 heteroatoms. The molecule has 0 bridgehead atoms. The zero-order chi connectivity index (χ0) is 13.4. The molecule has 1 unspecified atom stereocenters. The largest absolute Gasteiger partial charge is 0.394 e. The molecule has 2 heterocycles. The second kappa shape index (κ2) is 4.92. The van der Waals surface area contributed by atoms with Crippen molar-refractivity contribution in [1.29, 1.82) is 0 Å². The topological polar surface area (TPSA) is 117 Å². The first-order valence-electron chi connectivity index (χ1n) is 5.24. The van der Waals surface area contributed by atoms with Gasteiger partial charge in [0.05, 0.1) is 17.5 Å². The van der Waals surface area contributed by atoms with Gasteiger partial charge in [0.2, 0.25) is 0 Å². The minimum absolute atomic E-state index is 0.111. The van der Waals surface area contributed by atoms with E-state index in [1.165, 1.54) is 6.92 Å². The number of hydrogen-bond donors (Lipinski definition) is 3. The molecular formula is C9H12BrN3O5. The van der Waals surface area contributed by atoms with Crippen LogP contribution in [0.1, 0.15) is 11.9 Å². The van der Waals surface area contributed by atoms with Crippen LogP contribution in [0.25, 0.3) is 0 Å². The van der Waals surface area contributed by atoms with Crippen LogP contribution in [0, 0.1) is 6.92 Å². The molecule has 0 aliphatic carbocycles. The number of aliphatic hydroxyl groups is 2. The fourth-order valence-corrected chi connectivity index (χ4v) is 2.41. The molecule has 18 heavy (non-hydrogen) atoms. The van der Waals surface area contributed by atoms with Crippen LogP contribution in [0.5, 0.6) is 0 Å². The van der Waals surface area contributed by atoms with Crippen LogP contribution in [-0.4, -0.2) is 48.6 Å². The van der Waals surface area contributed by atoms with E-state index in [1.54, 1.807) is 0 Å². The highest BCUT2D eigenvalue weighted by Crippen LogP contribution is 2.32. The molecular weight excluding hydrogens is 310 g/mol. The zero-order valence-corrected chi connectivity index (χ0v) is 11.0. The van der Waals surface area contributed by atoms with Crippen molar-refractivity contribution in [3.8, 4) is 0 Å². The van der Waals surface area contributed by atoms with Crippen molar-refractivity contribution in [2.24, 2.45) is 0 Å². The Morgan fingerprint density at radius 1 is 1.56 bits per heavy atom. The first-order valence-corrected chi connectivity index (χ1v) is 6.15. The predicted octanol–water partition coefficient (Wildman–Crippen LogP) is -1.75. The molecule has 1 aliphatic rings. The number of alkyl halides is 1. The first kappa shape index (κ1) is 13.4. The van der Waals surface area contributed by atoms with E-state index in [2.05, 4.69) is 26.0 Å². The van der Waals surface area contributed by atoms with Gasteiger partial charge in [0, 0.05) is 0 Å². The van der Waals surface area contributed by atoms with Gasteiger partial charge in [-0.25, -0.2) is 4.79 Å². The Hall–Kier alpha value is -1.03. The van der Waals surface area contributed by atoms with Gasteiger partial charge < -0.3 is 14.9 Å². The number of aromatic nitrogens is 3. The summed E-state index contributed by atoms with van der Waals surface area (Å²) in [7, 11) is 0. The molecule has 1 aliphatic heterocycles. The molecule has 1 fully saturated rings. The summed E-state index contributed by atoms with van der Waals surface area (Å²) in [6, 6.07) is 0. The summed E-state index contributed by atoms with van der Waals surface area (Å²) in [5, 5.41) is 22.6. The van der Waals surface area contributed by atoms with E-state index in [0.717, 1.165) is 4.68 Å². The number of nitrogens with zero attached hydrogens (tertiary/aromatic N) is 2. The van der Waals surface area contributed by atoms with Crippen molar-refractivity contribution in [2.75, 3.05) is 6.61 Å². The van der Waals surface area contributed by atoms with Gasteiger partial charge in [-0.2, -0.15) is 9.78 Å². The molecule has 0 aromatic carbocycles. The smallest absolute Gasteiger partial charge is 0.347 e. The van der Waals surface area contributed by atoms with E-state index in [0.29, 0.717) is 0 Å². The van der Waals surface area contributed by atoms with Gasteiger partial charge in [0.15, 0.2) is 6.23 Å². The van der Waals surface area contributed by atoms with Gasteiger partial charge in [0.1, 0.15) is 11.8 Å². The molecule has 0 amide bonds. The number of nitrogens with one attached hydrogen (secondary N) is 1. The molecule has 1 aromatic rings. The van der Waals surface area contributed by atoms with Crippen molar-refractivity contribution < 1.29 is 14.9 Å². The van der Waals surface area contributed by atoms with E-state index < -0.39 is 34.5 Å². The minimum atomic E-state index is -0.971. The van der Waals surface area contributed by atoms with Gasteiger partial charge >= 0.3 is 5.69 Å². The van der Waals surface area contributed by atoms with Crippen molar-refractivity contribution in [3.05, 3.63) is 26.5 Å². The van der Waals surface area contributed by atoms with Gasteiger partial charge in [0.25, 0.3) is 5.56 Å². The maximum absolute atomic E-state index is 11.6. The van der Waals surface area contributed by atoms with E-state index in [-0.39, 0.29) is 12.3 Å². The van der Waals surface area contributed by atoms with Crippen molar-refractivity contribution in [2.45, 2.75) is 30.2 Å². The van der Waals surface area contributed by atoms with Gasteiger partial charge in [-0.15, -0.1) is 0 Å². The van der Waals surface area contributed by atoms with Crippen molar-refractivity contribution >= 4 is 15.9 Å². The summed E-state index contributed by atoms with van der Waals surface area (Å²) in [6.07, 6.45) is -2.67. The first-order chi connectivity index (χ1) is 8.45. The van der Waals surface area contributed by atoms with Gasteiger partial charge in [-0.1, -0.05) is 15.9 Å². The number of H-pyrrole nitrogens is 1. The molecule has 0 spiro atoms. The molecule has 1 aromatic heterocycles. The SMILES string of the molecule is Cc1nn(C2O[C@H](CO)[C@@H](O)[C@@H]2Br)c(=O)[nH]c1=O. The third kappa shape index (κ3) is 2.14. The molecule has 100 valence electrons. The number of hydrogen-bond acceptors (Lipinski definition) is 6. The Kier molecular flexibility index (Phi) is 3.66. The van der Waals surface area contributed by atoms with Crippen LogP contribution >= 0.6 is 15.9 Å². The number of aromatic amines is 1. The lowest BCUT2D eigenvalue weighted by Crippen LogP contribution is -2.39. The average Bonchev–Trinajstić information content (AvgIpc) is 2.61. The Morgan fingerprint density at radius 2 is 2.22 bits per heavy atom. The van der Waals surface area contributed by atoms with Crippen LogP contribution in [0.3, 0.4) is 0 Å². The summed E-state index contributed by atoms with van der Waals surface area (Å²) in [6.45, 7) is 1.07. The maximum Gasteiger partial charge on any atom is 0.347 e. The molecule has 0 radical (unpaired) electrons. The third-order valence-corrected chi connectivity index (χ3v) is 3.72. The standard InChI is InChI=1S/C9H12BrN3O5/c1-3-7(16)11-9(17)13(12-3)8-5(10)6(15)4(2-14)18-8/h4-6,8,14-15H,2H2,1H3,(H,11,16,17)/t4-,5+,6-,8?/m1/s1. The lowest BCUT2D eigenvalue weighted by atomic mass is 10.2. The molecule has 1 saturated heterocycles. The highest BCUT2D eigenvalue weighted by atomic mass is 79.9. The Bertz CT molecular complexity index is 556. The molecule has 4 atom stereocenters. The highest BCUT2D eigenvalue weighted by Gasteiger charge is 2.44. The van der Waals surface area contributed by atoms with Gasteiger partial charge in [-0.3, -0.25) is 9.78 Å². The van der Waals surface area contributed by atoms with E-state index in [9.17, 15) is 14.7 Å². The number of rotatable bonds is 2. The Morgan fingerprint density at radius 3 is 2.78 bits per heavy atom. The molecule has 8 nitrogen and oxygen atoms in total. The predicted molar refractivity (Wildman–Crippen MR) is 63.6 cm³/mol. The summed E-state index contributed by atoms with van der Waals surface area (Å²) in [5.74, 6) is 0. The Labute approximate surface area is 109 Å². The summed E-state index contributed by atoms with van der Waals surface area (Å²) in [5.41, 5.74) is -1.19. The number of halogens is 1. The van der Waals surface area contributed by atoms with Crippen LogP contribution in [0.4, 0.5) is 0 Å². The zero-order valence-electron chi connectivity index (χ0n) is 9.41. The minimum Gasteiger partial charge on any atom is -0.394 e. The van der Waals surface area contributed by atoms with Crippen LogP contribution in [0.2, 0.25) is 0 Å². The summed E-state index contributed by atoms with van der Waals surface area (Å²) < 4.78 is 6.27. The van der Waals surface area contributed by atoms with Crippen molar-refractivity contribution in [3.63, 3.8) is 0 Å². The van der Waals surface area contributed by atoms with Crippen LogP contribution in [-0.2, 0) is 4.74 Å². The number of aryl methyl sites for hydroxylation is 1. The van der Waals surface area contributed by atoms with Gasteiger partial charge in [-0.05, 0) is 6.92 Å². The normalized spacial score (nSPS) is 31.8. The van der Waals surface area contributed by atoms with Crippen molar-refractivity contribution in [1.82, 2.24) is 14.8 Å². The Balaban J connectivity index is 2.42. The van der Waals surface area contributed by atoms with Crippen LogP contribution < -0.4 is 11.2 Å². The quantitative estimate of drug-likeness (QED) is 0.556.